The number of carbonyl (C=O) groups excluding carboxylic acids is 1. The van der Waals surface area contributed by atoms with Crippen LogP contribution in [0.4, 0.5) is 0 Å². The number of hydrogen-bond acceptors (Lipinski definition) is 7. The van der Waals surface area contributed by atoms with E-state index in [-0.39, 0.29) is 6.61 Å². The van der Waals surface area contributed by atoms with Gasteiger partial charge in [-0.1, -0.05) is 11.6 Å². The van der Waals surface area contributed by atoms with Crippen molar-refractivity contribution >= 4 is 23.8 Å². The predicted molar refractivity (Wildman–Crippen MR) is 104 cm³/mol. The maximum absolute atomic E-state index is 12.0. The van der Waals surface area contributed by atoms with Crippen LogP contribution < -0.4 is 15.8 Å². The lowest BCUT2D eigenvalue weighted by Gasteiger charge is -2.18. The van der Waals surface area contributed by atoms with E-state index in [9.17, 15) is 4.79 Å². The molecule has 8 heteroatoms. The number of nitrogens with two attached hydrogens (primary N) is 1. The highest BCUT2D eigenvalue weighted by Gasteiger charge is 2.23. The number of ether oxygens (including phenoxy) is 2. The largest absolute Gasteiger partial charge is 0.476 e. The van der Waals surface area contributed by atoms with Crippen molar-refractivity contribution in [3.05, 3.63) is 46.4 Å². The van der Waals surface area contributed by atoms with E-state index in [1.807, 2.05) is 0 Å². The van der Waals surface area contributed by atoms with Crippen LogP contribution in [0.25, 0.3) is 0 Å². The molecule has 1 aliphatic carbocycles. The Balaban J connectivity index is 1.65. The molecule has 0 radical (unpaired) electrons. The molecule has 144 valence electrons. The van der Waals surface area contributed by atoms with Gasteiger partial charge in [-0.3, -0.25) is 4.99 Å². The van der Waals surface area contributed by atoms with Gasteiger partial charge in [0.1, 0.15) is 10.7 Å². The van der Waals surface area contributed by atoms with E-state index in [1.165, 1.54) is 12.8 Å². The molecule has 0 amide bonds. The average molecular weight is 391 g/mol. The minimum atomic E-state index is -0.458. The minimum absolute atomic E-state index is 0.284. The van der Waals surface area contributed by atoms with Crippen LogP contribution in [0.3, 0.4) is 0 Å². The summed E-state index contributed by atoms with van der Waals surface area (Å²) in [4.78, 5) is 20.7. The van der Waals surface area contributed by atoms with Crippen LogP contribution in [0.2, 0.25) is 5.02 Å². The van der Waals surface area contributed by atoms with E-state index >= 15 is 0 Å². The van der Waals surface area contributed by atoms with E-state index in [1.54, 1.807) is 37.7 Å². The predicted octanol–water partition coefficient (Wildman–Crippen LogP) is 2.36. The molecule has 1 atom stereocenters. The molecule has 1 unspecified atom stereocenters. The maximum atomic E-state index is 12.0. The van der Waals surface area contributed by atoms with Crippen molar-refractivity contribution in [3.63, 3.8) is 0 Å². The van der Waals surface area contributed by atoms with Gasteiger partial charge in [-0.15, -0.1) is 0 Å². The molecule has 1 aromatic rings. The molecule has 0 saturated heterocycles. The highest BCUT2D eigenvalue weighted by Crippen LogP contribution is 2.31. The summed E-state index contributed by atoms with van der Waals surface area (Å²) in [6.07, 6.45) is 9.05. The van der Waals surface area contributed by atoms with E-state index < -0.39 is 12.0 Å². The van der Waals surface area contributed by atoms with Gasteiger partial charge in [0.15, 0.2) is 0 Å². The highest BCUT2D eigenvalue weighted by atomic mass is 35.5. The van der Waals surface area contributed by atoms with Gasteiger partial charge in [-0.05, 0) is 49.6 Å². The van der Waals surface area contributed by atoms with Gasteiger partial charge >= 0.3 is 5.97 Å². The zero-order valence-corrected chi connectivity index (χ0v) is 15.9. The first-order valence-corrected chi connectivity index (χ1v) is 9.33. The first-order valence-electron chi connectivity index (χ1n) is 8.95. The first kappa shape index (κ1) is 19.4. The quantitative estimate of drug-likeness (QED) is 0.522. The Morgan fingerprint density at radius 1 is 1.52 bits per heavy atom. The molecule has 1 fully saturated rings. The van der Waals surface area contributed by atoms with Crippen molar-refractivity contribution in [1.82, 2.24) is 10.3 Å². The van der Waals surface area contributed by atoms with Gasteiger partial charge in [-0.25, -0.2) is 9.78 Å². The number of aliphatic imine (C=N–C) groups is 1. The molecule has 3 N–H and O–H groups in total. The van der Waals surface area contributed by atoms with Gasteiger partial charge in [0.25, 0.3) is 0 Å². The van der Waals surface area contributed by atoms with Crippen molar-refractivity contribution in [2.75, 3.05) is 13.2 Å². The Labute approximate surface area is 163 Å². The molecule has 1 aromatic heterocycles. The Morgan fingerprint density at radius 3 is 3.04 bits per heavy atom. The van der Waals surface area contributed by atoms with Crippen molar-refractivity contribution in [2.24, 2.45) is 16.6 Å². The van der Waals surface area contributed by atoms with Crippen LogP contribution >= 0.6 is 11.6 Å². The molecule has 0 bridgehead atoms. The Kier molecular flexibility index (Phi) is 6.47. The second-order valence-corrected chi connectivity index (χ2v) is 6.84. The number of hydrogen-bond donors (Lipinski definition) is 2. The van der Waals surface area contributed by atoms with Crippen LogP contribution in [0.5, 0.6) is 5.88 Å². The third-order valence-corrected chi connectivity index (χ3v) is 4.45. The number of carbonyl (C=O) groups is 1. The molecule has 3 rings (SSSR count). The summed E-state index contributed by atoms with van der Waals surface area (Å²) in [5, 5.41) is 3.35. The lowest BCUT2D eigenvalue weighted by Crippen LogP contribution is -2.33. The molecule has 0 spiro atoms. The molecule has 1 saturated carbocycles. The van der Waals surface area contributed by atoms with Crippen LogP contribution in [0.1, 0.15) is 25.3 Å². The summed E-state index contributed by atoms with van der Waals surface area (Å²) in [5.41, 5.74) is 7.76. The van der Waals surface area contributed by atoms with Gasteiger partial charge < -0.3 is 20.5 Å². The van der Waals surface area contributed by atoms with Crippen LogP contribution in [0, 0.1) is 5.92 Å². The van der Waals surface area contributed by atoms with Gasteiger partial charge in [0, 0.05) is 18.0 Å². The van der Waals surface area contributed by atoms with Gasteiger partial charge in [-0.2, -0.15) is 0 Å². The number of rotatable bonds is 8. The Hall–Kier alpha value is -2.38. The Morgan fingerprint density at radius 2 is 2.33 bits per heavy atom. The SMILES string of the molecule is CCOC(=O)C1=C(C=NCc2cnc(OCC3CC3)c(Cl)c2)C(N)C=CN1. The zero-order chi connectivity index (χ0) is 19.2. The molecule has 2 heterocycles. The third-order valence-electron chi connectivity index (χ3n) is 4.18. The van der Waals surface area contributed by atoms with E-state index in [0.29, 0.717) is 41.2 Å². The monoisotopic (exact) mass is 390 g/mol. The molecule has 27 heavy (non-hydrogen) atoms. The average Bonchev–Trinajstić information content (AvgIpc) is 3.47. The maximum Gasteiger partial charge on any atom is 0.355 e. The summed E-state index contributed by atoms with van der Waals surface area (Å²) >= 11 is 6.23. The second-order valence-electron chi connectivity index (χ2n) is 6.43. The van der Waals surface area contributed by atoms with Crippen molar-refractivity contribution < 1.29 is 14.3 Å². The lowest BCUT2D eigenvalue weighted by atomic mass is 10.0. The topological polar surface area (TPSA) is 98.8 Å². The second kappa shape index (κ2) is 9.01. The Bertz CT molecular complexity index is 787. The summed E-state index contributed by atoms with van der Waals surface area (Å²) in [6, 6.07) is 1.35. The first-order chi connectivity index (χ1) is 13.1. The van der Waals surface area contributed by atoms with E-state index in [2.05, 4.69) is 15.3 Å². The number of esters is 1. The van der Waals surface area contributed by atoms with Crippen LogP contribution in [-0.2, 0) is 16.1 Å². The molecule has 0 aromatic carbocycles. The van der Waals surface area contributed by atoms with E-state index in [0.717, 1.165) is 5.56 Å². The zero-order valence-electron chi connectivity index (χ0n) is 15.2. The van der Waals surface area contributed by atoms with Crippen molar-refractivity contribution in [2.45, 2.75) is 32.4 Å². The molecular weight excluding hydrogens is 368 g/mol. The van der Waals surface area contributed by atoms with Crippen molar-refractivity contribution in [1.29, 1.82) is 0 Å². The number of dihydropyridines is 1. The summed E-state index contributed by atoms with van der Waals surface area (Å²) in [6.45, 7) is 3.05. The number of pyridine rings is 1. The smallest absolute Gasteiger partial charge is 0.355 e. The minimum Gasteiger partial charge on any atom is -0.476 e. The fourth-order valence-corrected chi connectivity index (χ4v) is 2.75. The normalized spacial score (nSPS) is 19.3. The fourth-order valence-electron chi connectivity index (χ4n) is 2.51. The number of nitrogens with zero attached hydrogens (tertiary/aromatic N) is 2. The number of nitrogens with one attached hydrogen (secondary N) is 1. The van der Waals surface area contributed by atoms with E-state index in [4.69, 9.17) is 26.8 Å². The molecular formula is C19H23ClN4O3. The van der Waals surface area contributed by atoms with Crippen molar-refractivity contribution in [3.8, 4) is 5.88 Å². The van der Waals surface area contributed by atoms with Crippen LogP contribution in [0.15, 0.2) is 40.8 Å². The van der Waals surface area contributed by atoms with Crippen LogP contribution in [-0.4, -0.2) is 36.4 Å². The highest BCUT2D eigenvalue weighted by molar-refractivity contribution is 6.31. The molecule has 1 aliphatic heterocycles. The number of halogens is 1. The summed E-state index contributed by atoms with van der Waals surface area (Å²) in [5.74, 6) is 0.629. The fraction of sp³-hybridized carbons (Fsp3) is 0.421. The lowest BCUT2D eigenvalue weighted by molar-refractivity contribution is -0.138. The molecule has 2 aliphatic rings. The van der Waals surface area contributed by atoms with Gasteiger partial charge in [0.05, 0.1) is 25.8 Å². The van der Waals surface area contributed by atoms with Gasteiger partial charge in [0.2, 0.25) is 5.88 Å². The summed E-state index contributed by atoms with van der Waals surface area (Å²) in [7, 11) is 0. The third kappa shape index (κ3) is 5.30. The summed E-state index contributed by atoms with van der Waals surface area (Å²) < 4.78 is 10.7. The number of aromatic nitrogens is 1. The molecule has 7 nitrogen and oxygen atoms in total. The standard InChI is InChI=1S/C19H23ClN4O3/c1-2-26-19(25)17-14(16(21)5-6-23-17)10-22-8-13-7-15(20)18(24-9-13)27-11-12-3-4-12/h5-7,9-10,12,16,23H,2-4,8,11,21H2,1H3.